The lowest BCUT2D eigenvalue weighted by Gasteiger charge is -2.27. The molecular formula is C23H22ClN3O2S. The Morgan fingerprint density at radius 1 is 1.13 bits per heavy atom. The van der Waals surface area contributed by atoms with Crippen LogP contribution in [0.3, 0.4) is 0 Å². The first-order valence-electron chi connectivity index (χ1n) is 9.26. The average molecular weight is 440 g/mol. The number of hydrogen-bond donors (Lipinski definition) is 0. The molecule has 0 bridgehead atoms. The Morgan fingerprint density at radius 3 is 2.50 bits per heavy atom. The standard InChI is InChI=1S/C23H22ClN3O2S/c1-23(2,17-11-15(13-25)21(28-3)20(24)12-17)16-5-7-19(8-6-16)29-14-18-9-10-26-22(27-18)30-4/h5-12H,14H2,1-4H3. The van der Waals surface area contributed by atoms with Gasteiger partial charge in [-0.25, -0.2) is 9.97 Å². The maximum absolute atomic E-state index is 9.44. The summed E-state index contributed by atoms with van der Waals surface area (Å²) in [5, 5.41) is 10.6. The minimum absolute atomic E-state index is 0.361. The van der Waals surface area contributed by atoms with Crippen LogP contribution < -0.4 is 9.47 Å². The highest BCUT2D eigenvalue weighted by Crippen LogP contribution is 2.38. The first-order chi connectivity index (χ1) is 14.4. The number of ether oxygens (including phenoxy) is 2. The van der Waals surface area contributed by atoms with Crippen LogP contribution in [-0.4, -0.2) is 23.3 Å². The molecule has 0 aliphatic heterocycles. The quantitative estimate of drug-likeness (QED) is 0.350. The van der Waals surface area contributed by atoms with E-state index in [2.05, 4.69) is 29.9 Å². The van der Waals surface area contributed by atoms with Crippen molar-refractivity contribution >= 4 is 23.4 Å². The third-order valence-corrected chi connectivity index (χ3v) is 5.77. The molecular weight excluding hydrogens is 418 g/mol. The third-order valence-electron chi connectivity index (χ3n) is 4.93. The molecule has 0 aliphatic carbocycles. The zero-order chi connectivity index (χ0) is 21.7. The van der Waals surface area contributed by atoms with E-state index in [0.717, 1.165) is 27.7 Å². The van der Waals surface area contributed by atoms with Gasteiger partial charge in [0, 0.05) is 11.6 Å². The second kappa shape index (κ2) is 9.38. The van der Waals surface area contributed by atoms with Crippen molar-refractivity contribution in [3.8, 4) is 17.6 Å². The monoisotopic (exact) mass is 439 g/mol. The molecule has 0 amide bonds. The fourth-order valence-corrected chi connectivity index (χ4v) is 3.76. The largest absolute Gasteiger partial charge is 0.494 e. The van der Waals surface area contributed by atoms with Gasteiger partial charge in [0.1, 0.15) is 18.4 Å². The topological polar surface area (TPSA) is 68.0 Å². The molecule has 0 saturated heterocycles. The lowest BCUT2D eigenvalue weighted by atomic mass is 9.77. The highest BCUT2D eigenvalue weighted by Gasteiger charge is 2.25. The highest BCUT2D eigenvalue weighted by atomic mass is 35.5. The van der Waals surface area contributed by atoms with Crippen molar-refractivity contribution in [3.63, 3.8) is 0 Å². The van der Waals surface area contributed by atoms with Crippen molar-refractivity contribution in [2.24, 2.45) is 0 Å². The second-order valence-corrected chi connectivity index (χ2v) is 8.30. The molecule has 154 valence electrons. The molecule has 3 aromatic rings. The molecule has 1 heterocycles. The Hall–Kier alpha value is -2.75. The molecule has 0 unspecified atom stereocenters. The van der Waals surface area contributed by atoms with E-state index in [1.165, 1.54) is 18.9 Å². The molecule has 5 nitrogen and oxygen atoms in total. The molecule has 0 spiro atoms. The fourth-order valence-electron chi connectivity index (χ4n) is 3.09. The van der Waals surface area contributed by atoms with Crippen molar-refractivity contribution < 1.29 is 9.47 Å². The fraction of sp³-hybridized carbons (Fsp3) is 0.261. The summed E-state index contributed by atoms with van der Waals surface area (Å²) in [7, 11) is 1.51. The number of nitriles is 1. The summed E-state index contributed by atoms with van der Waals surface area (Å²) < 4.78 is 11.1. The molecule has 30 heavy (non-hydrogen) atoms. The second-order valence-electron chi connectivity index (χ2n) is 7.12. The maximum atomic E-state index is 9.44. The van der Waals surface area contributed by atoms with Crippen LogP contribution in [0, 0.1) is 11.3 Å². The number of nitrogens with zero attached hydrogens (tertiary/aromatic N) is 3. The van der Waals surface area contributed by atoms with E-state index in [-0.39, 0.29) is 5.41 Å². The summed E-state index contributed by atoms with van der Waals surface area (Å²) >= 11 is 7.84. The average Bonchev–Trinajstić information content (AvgIpc) is 2.77. The minimum Gasteiger partial charge on any atom is -0.494 e. The van der Waals surface area contributed by atoms with Gasteiger partial charge < -0.3 is 9.47 Å². The predicted octanol–water partition coefficient (Wildman–Crippen LogP) is 5.64. The summed E-state index contributed by atoms with van der Waals surface area (Å²) in [4.78, 5) is 8.59. The van der Waals surface area contributed by atoms with E-state index in [1.807, 2.05) is 48.7 Å². The smallest absolute Gasteiger partial charge is 0.187 e. The van der Waals surface area contributed by atoms with Crippen LogP contribution in [-0.2, 0) is 12.0 Å². The van der Waals surface area contributed by atoms with Gasteiger partial charge in [-0.1, -0.05) is 49.3 Å². The Labute approximate surface area is 186 Å². The summed E-state index contributed by atoms with van der Waals surface area (Å²) in [5.41, 5.74) is 2.90. The van der Waals surface area contributed by atoms with Gasteiger partial charge in [0.2, 0.25) is 0 Å². The number of benzene rings is 2. The van der Waals surface area contributed by atoms with Gasteiger partial charge in [0.25, 0.3) is 0 Å². The molecule has 7 heteroatoms. The van der Waals surface area contributed by atoms with Gasteiger partial charge in [-0.15, -0.1) is 0 Å². The number of rotatable bonds is 7. The molecule has 1 aromatic heterocycles. The first-order valence-corrected chi connectivity index (χ1v) is 10.9. The van der Waals surface area contributed by atoms with E-state index < -0.39 is 0 Å². The summed E-state index contributed by atoms with van der Waals surface area (Å²) in [5.74, 6) is 1.15. The summed E-state index contributed by atoms with van der Waals surface area (Å²) in [6.45, 7) is 4.55. The number of methoxy groups -OCH3 is 1. The molecule has 0 aliphatic rings. The zero-order valence-electron chi connectivity index (χ0n) is 17.3. The molecule has 3 rings (SSSR count). The number of hydrogen-bond acceptors (Lipinski definition) is 6. The van der Waals surface area contributed by atoms with Crippen molar-refractivity contribution in [1.82, 2.24) is 9.97 Å². The van der Waals surface area contributed by atoms with Crippen LogP contribution in [0.4, 0.5) is 0 Å². The van der Waals surface area contributed by atoms with Crippen molar-refractivity contribution in [1.29, 1.82) is 5.26 Å². The molecule has 2 aromatic carbocycles. The molecule has 0 radical (unpaired) electrons. The Balaban J connectivity index is 1.79. The van der Waals surface area contributed by atoms with Crippen LogP contribution in [0.2, 0.25) is 5.02 Å². The van der Waals surface area contributed by atoms with E-state index in [1.54, 1.807) is 6.20 Å². The lowest BCUT2D eigenvalue weighted by Crippen LogP contribution is -2.19. The van der Waals surface area contributed by atoms with E-state index >= 15 is 0 Å². The minimum atomic E-state index is -0.361. The summed E-state index contributed by atoms with van der Waals surface area (Å²) in [6.07, 6.45) is 3.68. The van der Waals surface area contributed by atoms with Gasteiger partial charge >= 0.3 is 0 Å². The molecule has 0 fully saturated rings. The van der Waals surface area contributed by atoms with E-state index in [4.69, 9.17) is 21.1 Å². The highest BCUT2D eigenvalue weighted by molar-refractivity contribution is 7.98. The Morgan fingerprint density at radius 2 is 1.87 bits per heavy atom. The van der Waals surface area contributed by atoms with Crippen LogP contribution in [0.15, 0.2) is 53.8 Å². The molecule has 0 N–H and O–H groups in total. The van der Waals surface area contributed by atoms with Gasteiger partial charge in [0.05, 0.1) is 23.4 Å². The Kier molecular flexibility index (Phi) is 6.86. The van der Waals surface area contributed by atoms with Crippen molar-refractivity contribution in [2.45, 2.75) is 31.0 Å². The third kappa shape index (κ3) is 4.69. The molecule has 0 atom stereocenters. The number of aromatic nitrogens is 2. The van der Waals surface area contributed by atoms with E-state index in [0.29, 0.717) is 22.9 Å². The van der Waals surface area contributed by atoms with Crippen molar-refractivity contribution in [3.05, 3.63) is 76.1 Å². The summed E-state index contributed by atoms with van der Waals surface area (Å²) in [6, 6.07) is 15.6. The Bertz CT molecular complexity index is 1080. The maximum Gasteiger partial charge on any atom is 0.187 e. The van der Waals surface area contributed by atoms with Crippen LogP contribution in [0.5, 0.6) is 11.5 Å². The van der Waals surface area contributed by atoms with Crippen LogP contribution in [0.25, 0.3) is 0 Å². The first kappa shape index (κ1) is 21.9. The van der Waals surface area contributed by atoms with Gasteiger partial charge in [-0.05, 0) is 47.7 Å². The van der Waals surface area contributed by atoms with Gasteiger partial charge in [0.15, 0.2) is 10.9 Å². The number of thioether (sulfide) groups is 1. The molecule has 0 saturated carbocycles. The normalized spacial score (nSPS) is 11.1. The SMILES string of the molecule is COc1c(Cl)cc(C(C)(C)c2ccc(OCc3ccnc(SC)n3)cc2)cc1C#N. The predicted molar refractivity (Wildman–Crippen MR) is 119 cm³/mol. The van der Waals surface area contributed by atoms with E-state index in [9.17, 15) is 5.26 Å². The van der Waals surface area contributed by atoms with Crippen LogP contribution >= 0.6 is 23.4 Å². The van der Waals surface area contributed by atoms with Gasteiger partial charge in [-0.3, -0.25) is 0 Å². The van der Waals surface area contributed by atoms with Gasteiger partial charge in [-0.2, -0.15) is 5.26 Å². The van der Waals surface area contributed by atoms with Crippen LogP contribution in [0.1, 0.15) is 36.2 Å². The zero-order valence-corrected chi connectivity index (χ0v) is 18.8. The van der Waals surface area contributed by atoms with Crippen molar-refractivity contribution in [2.75, 3.05) is 13.4 Å². The number of halogens is 1. The lowest BCUT2D eigenvalue weighted by molar-refractivity contribution is 0.300.